The van der Waals surface area contributed by atoms with Gasteiger partial charge in [0, 0.05) is 38.0 Å². The number of aromatic nitrogens is 4. The molecule has 3 aromatic rings. The lowest BCUT2D eigenvalue weighted by Crippen LogP contribution is -2.41. The lowest BCUT2D eigenvalue weighted by Gasteiger charge is -2.34. The van der Waals surface area contributed by atoms with Gasteiger partial charge in [0.1, 0.15) is 10.7 Å². The first-order chi connectivity index (χ1) is 16.9. The maximum atomic E-state index is 13.4. The second-order valence-corrected chi connectivity index (χ2v) is 12.3. The normalized spacial score (nSPS) is 17.5. The van der Waals surface area contributed by atoms with Gasteiger partial charge in [-0.3, -0.25) is 14.5 Å². The maximum absolute atomic E-state index is 13.4. The largest absolute Gasteiger partial charge is 0.351 e. The molecule has 36 heavy (non-hydrogen) atoms. The van der Waals surface area contributed by atoms with E-state index in [0.717, 1.165) is 18.5 Å². The smallest absolute Gasteiger partial charge is 0.268 e. The molecular weight excluding hydrogens is 476 g/mol. The number of amides is 1. The number of hydrogen-bond donors (Lipinski definition) is 1. The van der Waals surface area contributed by atoms with Crippen LogP contribution < -0.4 is 9.62 Å². The van der Waals surface area contributed by atoms with Crippen molar-refractivity contribution < 1.29 is 14.6 Å². The molecule has 1 fully saturated rings. The minimum Gasteiger partial charge on any atom is -0.351 e. The molecule has 1 N–H and O–H groups in total. The summed E-state index contributed by atoms with van der Waals surface area (Å²) < 4.78 is 30.1. The van der Waals surface area contributed by atoms with E-state index < -0.39 is 15.9 Å². The van der Waals surface area contributed by atoms with Gasteiger partial charge in [-0.2, -0.15) is 5.10 Å². The summed E-state index contributed by atoms with van der Waals surface area (Å²) in [6, 6.07) is 6.35. The van der Waals surface area contributed by atoms with E-state index >= 15 is 0 Å². The molecule has 4 rings (SSSR count). The summed E-state index contributed by atoms with van der Waals surface area (Å²) in [6.45, 7) is 13.7. The Morgan fingerprint density at radius 3 is 2.67 bits per heavy atom. The minimum atomic E-state index is -4.11. The summed E-state index contributed by atoms with van der Waals surface area (Å²) in [7, 11) is -4.11. The van der Waals surface area contributed by atoms with E-state index in [1.165, 1.54) is 18.3 Å². The third-order valence-electron chi connectivity index (χ3n) is 6.40. The predicted molar refractivity (Wildman–Crippen MR) is 141 cm³/mol. The molecule has 0 aromatic carbocycles. The number of anilines is 1. The Kier molecular flexibility index (Phi) is 6.92. The van der Waals surface area contributed by atoms with Crippen molar-refractivity contribution in [2.45, 2.75) is 64.9 Å². The lowest BCUT2D eigenvalue weighted by atomic mass is 9.97. The Labute approximate surface area is 214 Å². The number of aryl methyl sites for hydroxylation is 1. The molecule has 4 heterocycles. The summed E-state index contributed by atoms with van der Waals surface area (Å²) in [5.74, 6) is 0.591. The molecule has 0 unspecified atom stereocenters. The van der Waals surface area contributed by atoms with Gasteiger partial charge in [-0.25, -0.2) is 18.1 Å². The molecule has 0 bridgehead atoms. The molecule has 1 aliphatic heterocycles. The van der Waals surface area contributed by atoms with E-state index in [4.69, 9.17) is 4.98 Å². The highest BCUT2D eigenvalue weighted by molar-refractivity contribution is 7.90. The third-order valence-corrected chi connectivity index (χ3v) is 7.87. The zero-order valence-electron chi connectivity index (χ0n) is 21.7. The summed E-state index contributed by atoms with van der Waals surface area (Å²) in [5.41, 5.74) is 1.80. The van der Waals surface area contributed by atoms with Crippen LogP contribution in [0.2, 0.25) is 0 Å². The fraction of sp³-hybridized carbons (Fsp3) is 0.462. The van der Waals surface area contributed by atoms with E-state index in [9.17, 15) is 13.2 Å². The quantitative estimate of drug-likeness (QED) is 0.503. The lowest BCUT2D eigenvalue weighted by molar-refractivity contribution is 0.0981. The van der Waals surface area contributed by atoms with Gasteiger partial charge in [0.05, 0.1) is 23.1 Å². The summed E-state index contributed by atoms with van der Waals surface area (Å²) >= 11 is 0. The number of sulfonamides is 1. The van der Waals surface area contributed by atoms with Crippen molar-refractivity contribution in [1.29, 1.82) is 0 Å². The first-order valence-corrected chi connectivity index (χ1v) is 13.7. The minimum absolute atomic E-state index is 0. The molecular formula is C26H36N6O3S. The Morgan fingerprint density at radius 2 is 2.03 bits per heavy atom. The summed E-state index contributed by atoms with van der Waals surface area (Å²) in [6.07, 6.45) is 6.15. The summed E-state index contributed by atoms with van der Waals surface area (Å²) in [4.78, 5) is 24.4. The Bertz CT molecular complexity index is 1390. The molecule has 1 aliphatic rings. The predicted octanol–water partition coefficient (Wildman–Crippen LogP) is 4.29. The van der Waals surface area contributed by atoms with Crippen LogP contribution in [0, 0.1) is 18.8 Å². The molecule has 0 spiro atoms. The number of nitrogens with one attached hydrogen (secondary N) is 1. The van der Waals surface area contributed by atoms with Gasteiger partial charge in [-0.05, 0) is 63.3 Å². The van der Waals surface area contributed by atoms with Gasteiger partial charge in [0.15, 0.2) is 0 Å². The molecule has 194 valence electrons. The van der Waals surface area contributed by atoms with Gasteiger partial charge >= 0.3 is 0 Å². The molecule has 0 aliphatic carbocycles. The van der Waals surface area contributed by atoms with E-state index in [2.05, 4.69) is 54.3 Å². The van der Waals surface area contributed by atoms with E-state index in [1.807, 2.05) is 10.9 Å². The average Bonchev–Trinajstić information content (AvgIpc) is 3.35. The van der Waals surface area contributed by atoms with Crippen molar-refractivity contribution in [3.8, 4) is 11.3 Å². The molecule has 1 amide bonds. The van der Waals surface area contributed by atoms with Gasteiger partial charge in [0.25, 0.3) is 15.9 Å². The maximum Gasteiger partial charge on any atom is 0.268 e. The van der Waals surface area contributed by atoms with E-state index in [1.54, 1.807) is 25.3 Å². The van der Waals surface area contributed by atoms with Crippen molar-refractivity contribution in [3.63, 3.8) is 0 Å². The van der Waals surface area contributed by atoms with Gasteiger partial charge < -0.3 is 4.90 Å². The van der Waals surface area contributed by atoms with E-state index in [0.29, 0.717) is 35.6 Å². The third kappa shape index (κ3) is 5.28. The van der Waals surface area contributed by atoms with Crippen LogP contribution in [0.5, 0.6) is 0 Å². The average molecular weight is 513 g/mol. The van der Waals surface area contributed by atoms with Crippen molar-refractivity contribution in [2.75, 3.05) is 11.4 Å². The zero-order valence-corrected chi connectivity index (χ0v) is 22.5. The highest BCUT2D eigenvalue weighted by Crippen LogP contribution is 2.38. The second-order valence-electron chi connectivity index (χ2n) is 10.7. The number of rotatable bonds is 7. The molecule has 3 aromatic heterocycles. The number of pyridine rings is 2. The van der Waals surface area contributed by atoms with Gasteiger partial charge in [-0.15, -0.1) is 0 Å². The van der Waals surface area contributed by atoms with Crippen LogP contribution in [0.15, 0.2) is 47.8 Å². The first-order valence-electron chi connectivity index (χ1n) is 12.2. The SMILES string of the molecule is Cc1ncccc1S(=O)(=O)NC(=O)c1ccc(-c2cnn(CC(C)C)c2)nc1N1C[C@@H](C)CC1(C)C.[HH]. The fourth-order valence-corrected chi connectivity index (χ4v) is 6.07. The van der Waals surface area contributed by atoms with Crippen molar-refractivity contribution in [2.24, 2.45) is 11.8 Å². The Balaban J connectivity index is 0.00000380. The summed E-state index contributed by atoms with van der Waals surface area (Å²) in [5, 5.41) is 4.45. The number of carbonyl (C=O) groups is 1. The molecule has 1 saturated heterocycles. The standard InChI is InChI=1S/C26H34N6O3S.H2/c1-17(2)14-31-16-20(13-28-31)22-10-9-21(24(29-22)32-15-18(3)12-26(32,5)6)25(33)30-36(34,35)23-8-7-11-27-19(23)4;/h7-11,13,16-18H,12,14-15H2,1-6H3,(H,30,33);1H/t18-;/m0./s1. The zero-order chi connectivity index (χ0) is 26.3. The molecule has 10 heteroatoms. The van der Waals surface area contributed by atoms with Crippen molar-refractivity contribution in [1.82, 2.24) is 24.5 Å². The fourth-order valence-electron chi connectivity index (χ4n) is 4.91. The van der Waals surface area contributed by atoms with Crippen molar-refractivity contribution in [3.05, 3.63) is 54.1 Å². The number of hydrogen-bond acceptors (Lipinski definition) is 7. The molecule has 1 atom stereocenters. The van der Waals surface area contributed by atoms with Crippen LogP contribution in [0.3, 0.4) is 0 Å². The van der Waals surface area contributed by atoms with Crippen LogP contribution in [0.4, 0.5) is 5.82 Å². The van der Waals surface area contributed by atoms with Crippen molar-refractivity contribution >= 4 is 21.7 Å². The Morgan fingerprint density at radius 1 is 1.28 bits per heavy atom. The highest BCUT2D eigenvalue weighted by Gasteiger charge is 2.39. The van der Waals surface area contributed by atoms with Crippen LogP contribution in [0.25, 0.3) is 11.3 Å². The van der Waals surface area contributed by atoms with Crippen LogP contribution >= 0.6 is 0 Å². The van der Waals surface area contributed by atoms with Gasteiger partial charge in [0.2, 0.25) is 0 Å². The highest BCUT2D eigenvalue weighted by atomic mass is 32.2. The second kappa shape index (κ2) is 9.65. The Hall–Kier alpha value is -3.27. The molecule has 9 nitrogen and oxygen atoms in total. The van der Waals surface area contributed by atoms with E-state index in [-0.39, 0.29) is 17.4 Å². The van der Waals surface area contributed by atoms with Crippen LogP contribution in [-0.4, -0.2) is 46.2 Å². The first kappa shape index (κ1) is 25.8. The van der Waals surface area contributed by atoms with Crippen LogP contribution in [-0.2, 0) is 16.6 Å². The monoisotopic (exact) mass is 512 g/mol. The van der Waals surface area contributed by atoms with Gasteiger partial charge in [-0.1, -0.05) is 20.8 Å². The topological polar surface area (TPSA) is 110 Å². The number of carbonyl (C=O) groups excluding carboxylic acids is 1. The number of nitrogens with zero attached hydrogens (tertiary/aromatic N) is 5. The molecule has 0 saturated carbocycles. The molecule has 0 radical (unpaired) electrons. The van der Waals surface area contributed by atoms with Crippen LogP contribution in [0.1, 0.15) is 58.5 Å².